The highest BCUT2D eigenvalue weighted by Crippen LogP contribution is 2.22. The Morgan fingerprint density at radius 2 is 1.88 bits per heavy atom. The highest BCUT2D eigenvalue weighted by molar-refractivity contribution is 6.06. The molecule has 1 aromatic heterocycles. The Morgan fingerprint density at radius 1 is 1.21 bits per heavy atom. The topological polar surface area (TPSA) is 126 Å². The summed E-state index contributed by atoms with van der Waals surface area (Å²) in [4.78, 5) is 25.7. The van der Waals surface area contributed by atoms with E-state index in [-0.39, 0.29) is 25.4 Å². The number of alkyl halides is 3. The lowest BCUT2D eigenvalue weighted by Crippen LogP contribution is -2.54. The molecule has 12 heteroatoms. The van der Waals surface area contributed by atoms with Crippen LogP contribution < -0.4 is 10.6 Å². The Labute approximate surface area is 188 Å². The van der Waals surface area contributed by atoms with Crippen molar-refractivity contribution >= 4 is 22.7 Å². The van der Waals surface area contributed by atoms with E-state index in [1.807, 2.05) is 0 Å². The van der Waals surface area contributed by atoms with E-state index in [1.54, 1.807) is 45.0 Å². The summed E-state index contributed by atoms with van der Waals surface area (Å²) in [5.74, 6) is -1.19. The molecule has 0 radical (unpaired) electrons. The van der Waals surface area contributed by atoms with Crippen molar-refractivity contribution in [2.45, 2.75) is 45.6 Å². The number of nitrogens with zero attached hydrogens (tertiary/aromatic N) is 2. The first-order chi connectivity index (χ1) is 15.3. The number of carbonyl (C=O) groups is 2. The van der Waals surface area contributed by atoms with E-state index < -0.39 is 48.8 Å². The van der Waals surface area contributed by atoms with E-state index in [0.717, 1.165) is 0 Å². The molecule has 1 aromatic carbocycles. The van der Waals surface area contributed by atoms with E-state index in [4.69, 9.17) is 5.11 Å². The third kappa shape index (κ3) is 7.69. The van der Waals surface area contributed by atoms with Gasteiger partial charge in [0.15, 0.2) is 5.69 Å². The number of halogens is 3. The van der Waals surface area contributed by atoms with Crippen molar-refractivity contribution in [3.05, 3.63) is 30.0 Å². The molecule has 0 aliphatic heterocycles. The number of aliphatic hydroxyl groups is 2. The van der Waals surface area contributed by atoms with E-state index >= 15 is 0 Å². The van der Waals surface area contributed by atoms with Crippen molar-refractivity contribution in [1.82, 2.24) is 20.4 Å². The van der Waals surface area contributed by atoms with Crippen molar-refractivity contribution in [1.29, 1.82) is 0 Å². The number of hydrogen-bond acceptors (Lipinski definition) is 6. The van der Waals surface area contributed by atoms with Crippen molar-refractivity contribution < 1.29 is 37.7 Å². The van der Waals surface area contributed by atoms with Crippen molar-refractivity contribution in [2.24, 2.45) is 5.41 Å². The molecule has 1 unspecified atom stereocenters. The quantitative estimate of drug-likeness (QED) is 0.384. The summed E-state index contributed by atoms with van der Waals surface area (Å²) in [6, 6.07) is 5.72. The molecular weight excluding hydrogens is 445 g/mol. The van der Waals surface area contributed by atoms with Crippen LogP contribution in [0.2, 0.25) is 0 Å². The lowest BCUT2D eigenvalue weighted by Gasteiger charge is -2.30. The summed E-state index contributed by atoms with van der Waals surface area (Å²) in [5, 5.41) is 28.2. The summed E-state index contributed by atoms with van der Waals surface area (Å²) >= 11 is 0. The molecule has 0 saturated heterocycles. The number of aromatic nitrogens is 2. The zero-order valence-corrected chi connectivity index (χ0v) is 18.6. The predicted octanol–water partition coefficient (Wildman–Crippen LogP) is 1.23. The number of hydrogen-bond donors (Lipinski definition) is 4. The van der Waals surface area contributed by atoms with Gasteiger partial charge in [-0.25, -0.2) is 0 Å². The molecule has 0 saturated carbocycles. The van der Waals surface area contributed by atoms with Crippen molar-refractivity contribution in [3.8, 4) is 0 Å². The average Bonchev–Trinajstić information content (AvgIpc) is 3.10. The predicted molar refractivity (Wildman–Crippen MR) is 113 cm³/mol. The highest BCUT2D eigenvalue weighted by atomic mass is 19.4. The van der Waals surface area contributed by atoms with Gasteiger partial charge in [0.05, 0.1) is 31.4 Å². The first kappa shape index (κ1) is 26.6. The molecule has 2 amide bonds. The van der Waals surface area contributed by atoms with E-state index in [0.29, 0.717) is 10.9 Å². The van der Waals surface area contributed by atoms with Gasteiger partial charge in [-0.2, -0.15) is 18.3 Å². The number of rotatable bonds is 10. The summed E-state index contributed by atoms with van der Waals surface area (Å²) in [6.45, 7) is 2.87. The number of para-hydroxylation sites is 1. The van der Waals surface area contributed by atoms with Crippen LogP contribution in [0.3, 0.4) is 0 Å². The van der Waals surface area contributed by atoms with Crippen LogP contribution in [0, 0.1) is 5.41 Å². The second-order valence-corrected chi connectivity index (χ2v) is 8.61. The standard InChI is InChI=1S/C21H29F3N4O5/c1-20(2,3)17(19(32)25-10-13(30)11-29)26-18(31)16-14-6-4-5-7-15(14)28(27-16)8-9-33-12-21(22,23)24/h4-7,13,17,29-30H,8-12H2,1-3H3,(H,25,32)(H,26,31)/t13?,17-/m1/s1. The third-order valence-electron chi connectivity index (χ3n) is 4.71. The number of fused-ring (bicyclic) bond motifs is 1. The molecular formula is C21H29F3N4O5. The van der Waals surface area contributed by atoms with Crippen LogP contribution in [0.25, 0.3) is 10.9 Å². The SMILES string of the molecule is CC(C)(C)[C@H](NC(=O)c1nn(CCOCC(F)(F)F)c2ccccc12)C(=O)NCC(O)CO. The van der Waals surface area contributed by atoms with Crippen LogP contribution in [0.15, 0.2) is 24.3 Å². The summed E-state index contributed by atoms with van der Waals surface area (Å²) in [6.07, 6.45) is -5.57. The normalized spacial score (nSPS) is 14.2. The van der Waals surface area contributed by atoms with Crippen LogP contribution in [0.4, 0.5) is 13.2 Å². The lowest BCUT2D eigenvalue weighted by atomic mass is 9.86. The maximum absolute atomic E-state index is 13.1. The molecule has 4 N–H and O–H groups in total. The lowest BCUT2D eigenvalue weighted by molar-refractivity contribution is -0.174. The first-order valence-electron chi connectivity index (χ1n) is 10.3. The Morgan fingerprint density at radius 3 is 2.48 bits per heavy atom. The number of ether oxygens (including phenoxy) is 1. The fourth-order valence-electron chi connectivity index (χ4n) is 3.06. The van der Waals surface area contributed by atoms with Gasteiger partial charge in [0.1, 0.15) is 12.6 Å². The third-order valence-corrected chi connectivity index (χ3v) is 4.71. The summed E-state index contributed by atoms with van der Waals surface area (Å²) in [5.41, 5.74) is -0.159. The zero-order chi connectivity index (χ0) is 24.8. The van der Waals surface area contributed by atoms with Crippen LogP contribution >= 0.6 is 0 Å². The van der Waals surface area contributed by atoms with Crippen molar-refractivity contribution in [3.63, 3.8) is 0 Å². The summed E-state index contributed by atoms with van der Waals surface area (Å²) < 4.78 is 42.9. The van der Waals surface area contributed by atoms with Crippen LogP contribution in [0.5, 0.6) is 0 Å². The number of benzene rings is 1. The number of carbonyl (C=O) groups excluding carboxylic acids is 2. The van der Waals surface area contributed by atoms with Crippen LogP contribution in [-0.2, 0) is 16.1 Å². The minimum atomic E-state index is -4.44. The molecule has 2 aromatic rings. The number of aliphatic hydroxyl groups excluding tert-OH is 2. The van der Waals surface area contributed by atoms with Gasteiger partial charge in [0, 0.05) is 11.9 Å². The molecule has 0 aliphatic rings. The van der Waals surface area contributed by atoms with Gasteiger partial charge >= 0.3 is 6.18 Å². The first-order valence-corrected chi connectivity index (χ1v) is 10.3. The van der Waals surface area contributed by atoms with E-state index in [9.17, 15) is 27.9 Å². The van der Waals surface area contributed by atoms with Crippen LogP contribution in [-0.4, -0.2) is 76.5 Å². The van der Waals surface area contributed by atoms with Gasteiger partial charge in [-0.15, -0.1) is 0 Å². The molecule has 0 spiro atoms. The maximum Gasteiger partial charge on any atom is 0.411 e. The fourth-order valence-corrected chi connectivity index (χ4v) is 3.06. The van der Waals surface area contributed by atoms with Gasteiger partial charge in [-0.1, -0.05) is 39.0 Å². The molecule has 2 rings (SSSR count). The molecule has 0 fully saturated rings. The molecule has 0 bridgehead atoms. The molecule has 184 valence electrons. The second-order valence-electron chi connectivity index (χ2n) is 8.61. The Balaban J connectivity index is 2.20. The minimum Gasteiger partial charge on any atom is -0.394 e. The summed E-state index contributed by atoms with van der Waals surface area (Å²) in [7, 11) is 0. The highest BCUT2D eigenvalue weighted by Gasteiger charge is 2.34. The zero-order valence-electron chi connectivity index (χ0n) is 18.6. The molecule has 9 nitrogen and oxygen atoms in total. The van der Waals surface area contributed by atoms with E-state index in [2.05, 4.69) is 20.5 Å². The molecule has 33 heavy (non-hydrogen) atoms. The Kier molecular flexibility index (Phi) is 8.81. The van der Waals surface area contributed by atoms with Crippen LogP contribution in [0.1, 0.15) is 31.3 Å². The maximum atomic E-state index is 13.1. The minimum absolute atomic E-state index is 0.00783. The molecule has 0 aliphatic carbocycles. The van der Waals surface area contributed by atoms with Gasteiger partial charge in [-0.3, -0.25) is 14.3 Å². The largest absolute Gasteiger partial charge is 0.411 e. The van der Waals surface area contributed by atoms with Crippen molar-refractivity contribution in [2.75, 3.05) is 26.4 Å². The van der Waals surface area contributed by atoms with Gasteiger partial charge in [0.25, 0.3) is 5.91 Å². The van der Waals surface area contributed by atoms with Gasteiger partial charge in [-0.05, 0) is 11.5 Å². The van der Waals surface area contributed by atoms with Gasteiger partial charge in [0.2, 0.25) is 5.91 Å². The van der Waals surface area contributed by atoms with Gasteiger partial charge < -0.3 is 25.6 Å². The Hall–Kier alpha value is -2.70. The second kappa shape index (κ2) is 10.9. The smallest absolute Gasteiger partial charge is 0.394 e. The fraction of sp³-hybridized carbons (Fsp3) is 0.571. The van der Waals surface area contributed by atoms with E-state index in [1.165, 1.54) is 4.68 Å². The number of nitrogens with one attached hydrogen (secondary N) is 2. The monoisotopic (exact) mass is 474 g/mol. The average molecular weight is 474 g/mol. The Bertz CT molecular complexity index is 956. The molecule has 2 atom stereocenters. The number of amides is 2. The molecule has 1 heterocycles.